The zero-order chi connectivity index (χ0) is 21.7. The normalized spacial score (nSPS) is 14.7. The van der Waals surface area contributed by atoms with Crippen LogP contribution in [0.1, 0.15) is 15.9 Å². The Bertz CT molecular complexity index is 945. The molecular formula is C20H18F3N3O3S. The van der Waals surface area contributed by atoms with Crippen molar-refractivity contribution in [1.29, 1.82) is 0 Å². The lowest BCUT2D eigenvalue weighted by Gasteiger charge is -2.16. The maximum absolute atomic E-state index is 12.7. The molecule has 1 unspecified atom stereocenters. The van der Waals surface area contributed by atoms with E-state index in [0.29, 0.717) is 22.8 Å². The van der Waals surface area contributed by atoms with Gasteiger partial charge in [0, 0.05) is 11.3 Å². The molecule has 3 N–H and O–H groups in total. The van der Waals surface area contributed by atoms with Crippen molar-refractivity contribution >= 4 is 28.7 Å². The van der Waals surface area contributed by atoms with E-state index < -0.39 is 36.2 Å². The van der Waals surface area contributed by atoms with E-state index in [4.69, 9.17) is 0 Å². The summed E-state index contributed by atoms with van der Waals surface area (Å²) in [4.78, 5) is 28.6. The fourth-order valence-corrected chi connectivity index (χ4v) is 3.44. The summed E-state index contributed by atoms with van der Waals surface area (Å²) in [6.45, 7) is 0.0148. The number of rotatable bonds is 5. The molecule has 6 nitrogen and oxygen atoms in total. The summed E-state index contributed by atoms with van der Waals surface area (Å²) in [6.07, 6.45) is -4.40. The van der Waals surface area contributed by atoms with Crippen molar-refractivity contribution in [1.82, 2.24) is 10.6 Å². The molecule has 10 heteroatoms. The largest absolute Gasteiger partial charge is 0.416 e. The minimum Gasteiger partial charge on any atom is -0.394 e. The zero-order valence-corrected chi connectivity index (χ0v) is 16.4. The molecule has 158 valence electrons. The molecule has 30 heavy (non-hydrogen) atoms. The molecule has 0 fully saturated rings. The predicted octanol–water partition coefficient (Wildman–Crippen LogP) is 2.68. The van der Waals surface area contributed by atoms with Crippen LogP contribution in [0.15, 0.2) is 53.5 Å². The van der Waals surface area contributed by atoms with Gasteiger partial charge in [-0.05, 0) is 35.4 Å². The summed E-state index contributed by atoms with van der Waals surface area (Å²) >= 11 is 1.38. The Kier molecular flexibility index (Phi) is 6.78. The van der Waals surface area contributed by atoms with Crippen molar-refractivity contribution < 1.29 is 27.9 Å². The minimum absolute atomic E-state index is 0.240. The molecule has 0 bridgehead atoms. The molecule has 1 aliphatic heterocycles. The molecule has 2 aromatic rings. The number of aliphatic hydroxyl groups is 1. The number of aliphatic imine (C=N–C) groups is 1. The number of amides is 2. The number of thioether (sulfide) groups is 1. The molecule has 3 rings (SSSR count). The van der Waals surface area contributed by atoms with Crippen LogP contribution >= 0.6 is 11.8 Å². The first-order valence-corrected chi connectivity index (χ1v) is 9.94. The van der Waals surface area contributed by atoms with Crippen LogP contribution in [0.2, 0.25) is 0 Å². The quantitative estimate of drug-likeness (QED) is 0.671. The van der Waals surface area contributed by atoms with Gasteiger partial charge in [-0.3, -0.25) is 14.6 Å². The smallest absolute Gasteiger partial charge is 0.394 e. The van der Waals surface area contributed by atoms with Crippen LogP contribution in [-0.2, 0) is 11.0 Å². The number of aliphatic hydroxyl groups excluding tert-OH is 1. The van der Waals surface area contributed by atoms with E-state index in [0.717, 1.165) is 17.9 Å². The van der Waals surface area contributed by atoms with Crippen LogP contribution in [0.4, 0.5) is 13.2 Å². The summed E-state index contributed by atoms with van der Waals surface area (Å²) in [5, 5.41) is 14.9. The highest BCUT2D eigenvalue weighted by molar-refractivity contribution is 8.14. The molecule has 2 aromatic carbocycles. The number of hydrogen-bond donors (Lipinski definition) is 3. The SMILES string of the molecule is O=C(NC(CO)C(=O)NC1=NCCS1)c1ccc(-c2ccc(C(F)(F)F)cc2)cc1. The molecule has 1 heterocycles. The van der Waals surface area contributed by atoms with Gasteiger partial charge >= 0.3 is 6.18 Å². The van der Waals surface area contributed by atoms with Gasteiger partial charge in [-0.2, -0.15) is 13.2 Å². The molecule has 0 saturated carbocycles. The van der Waals surface area contributed by atoms with Crippen molar-refractivity contribution in [3.05, 3.63) is 59.7 Å². The first-order valence-electron chi connectivity index (χ1n) is 8.95. The number of amidine groups is 1. The third-order valence-corrected chi connectivity index (χ3v) is 5.20. The van der Waals surface area contributed by atoms with Gasteiger partial charge < -0.3 is 15.7 Å². The van der Waals surface area contributed by atoms with Crippen molar-refractivity contribution in [2.24, 2.45) is 4.99 Å². The highest BCUT2D eigenvalue weighted by Gasteiger charge is 2.30. The lowest BCUT2D eigenvalue weighted by atomic mass is 10.0. The second kappa shape index (κ2) is 9.31. The van der Waals surface area contributed by atoms with Gasteiger partial charge in [0.25, 0.3) is 11.8 Å². The number of nitrogens with zero attached hydrogens (tertiary/aromatic N) is 1. The third-order valence-electron chi connectivity index (χ3n) is 4.31. The van der Waals surface area contributed by atoms with Crippen LogP contribution in [0, 0.1) is 0 Å². The van der Waals surface area contributed by atoms with E-state index in [9.17, 15) is 27.9 Å². The Morgan fingerprint density at radius 2 is 1.67 bits per heavy atom. The predicted molar refractivity (Wildman–Crippen MR) is 108 cm³/mol. The fraction of sp³-hybridized carbons (Fsp3) is 0.250. The van der Waals surface area contributed by atoms with E-state index in [1.165, 1.54) is 36.0 Å². The number of alkyl halides is 3. The minimum atomic E-state index is -4.40. The number of halogens is 3. The molecule has 0 aromatic heterocycles. The number of benzene rings is 2. The maximum atomic E-state index is 12.7. The molecule has 0 radical (unpaired) electrons. The van der Waals surface area contributed by atoms with Crippen LogP contribution in [0.3, 0.4) is 0 Å². The van der Waals surface area contributed by atoms with Gasteiger partial charge in [0.1, 0.15) is 6.04 Å². The van der Waals surface area contributed by atoms with E-state index in [-0.39, 0.29) is 5.56 Å². The number of carbonyl (C=O) groups excluding carboxylic acids is 2. The average Bonchev–Trinajstić information content (AvgIpc) is 3.24. The van der Waals surface area contributed by atoms with Crippen LogP contribution in [0.5, 0.6) is 0 Å². The molecule has 0 saturated heterocycles. The van der Waals surface area contributed by atoms with E-state index in [1.807, 2.05) is 0 Å². The van der Waals surface area contributed by atoms with Gasteiger partial charge in [-0.25, -0.2) is 0 Å². The Labute approximate surface area is 174 Å². The Morgan fingerprint density at radius 3 is 2.17 bits per heavy atom. The topological polar surface area (TPSA) is 90.8 Å². The Morgan fingerprint density at radius 1 is 1.07 bits per heavy atom. The molecule has 2 amide bonds. The first kappa shape index (κ1) is 21.8. The van der Waals surface area contributed by atoms with Gasteiger partial charge in [0.2, 0.25) is 0 Å². The van der Waals surface area contributed by atoms with Gasteiger partial charge in [-0.15, -0.1) is 0 Å². The number of carbonyl (C=O) groups is 2. The molecule has 1 atom stereocenters. The summed E-state index contributed by atoms with van der Waals surface area (Å²) in [5.41, 5.74) is 0.701. The maximum Gasteiger partial charge on any atom is 0.416 e. The first-order chi connectivity index (χ1) is 14.3. The highest BCUT2D eigenvalue weighted by atomic mass is 32.2. The van der Waals surface area contributed by atoms with Gasteiger partial charge in [-0.1, -0.05) is 36.0 Å². The molecule has 0 aliphatic carbocycles. The lowest BCUT2D eigenvalue weighted by molar-refractivity contribution is -0.137. The van der Waals surface area contributed by atoms with Gasteiger partial charge in [0.15, 0.2) is 5.17 Å². The van der Waals surface area contributed by atoms with Crippen molar-refractivity contribution in [3.8, 4) is 11.1 Å². The fourth-order valence-electron chi connectivity index (χ4n) is 2.70. The summed E-state index contributed by atoms with van der Waals surface area (Å²) in [7, 11) is 0. The summed E-state index contributed by atoms with van der Waals surface area (Å²) in [6, 6.07) is 9.72. The van der Waals surface area contributed by atoms with Crippen LogP contribution in [0.25, 0.3) is 11.1 Å². The Balaban J connectivity index is 1.64. The van der Waals surface area contributed by atoms with Crippen molar-refractivity contribution in [2.45, 2.75) is 12.2 Å². The van der Waals surface area contributed by atoms with Crippen molar-refractivity contribution in [3.63, 3.8) is 0 Å². The Hall–Kier alpha value is -2.85. The van der Waals surface area contributed by atoms with E-state index >= 15 is 0 Å². The molecular weight excluding hydrogens is 419 g/mol. The van der Waals surface area contributed by atoms with Crippen LogP contribution < -0.4 is 10.6 Å². The second-order valence-corrected chi connectivity index (χ2v) is 7.47. The lowest BCUT2D eigenvalue weighted by Crippen LogP contribution is -2.49. The average molecular weight is 437 g/mol. The summed E-state index contributed by atoms with van der Waals surface area (Å²) < 4.78 is 38.0. The molecule has 0 spiro atoms. The summed E-state index contributed by atoms with van der Waals surface area (Å²) in [5.74, 6) is -0.374. The highest BCUT2D eigenvalue weighted by Crippen LogP contribution is 2.31. The second-order valence-electron chi connectivity index (χ2n) is 6.39. The molecule has 1 aliphatic rings. The standard InChI is InChI=1S/C20H18F3N3O3S/c21-20(22,23)15-7-5-13(6-8-15)12-1-3-14(4-2-12)17(28)25-16(11-27)18(29)26-19-24-9-10-30-19/h1-8,16,27H,9-11H2,(H,25,28)(H,24,26,29). The van der Waals surface area contributed by atoms with Gasteiger partial charge in [0.05, 0.1) is 18.7 Å². The van der Waals surface area contributed by atoms with Crippen molar-refractivity contribution in [2.75, 3.05) is 18.9 Å². The van der Waals surface area contributed by atoms with E-state index in [2.05, 4.69) is 15.6 Å². The zero-order valence-electron chi connectivity index (χ0n) is 15.6. The third kappa shape index (κ3) is 5.39. The number of hydrogen-bond acceptors (Lipinski definition) is 5. The number of nitrogens with one attached hydrogen (secondary N) is 2. The van der Waals surface area contributed by atoms with E-state index in [1.54, 1.807) is 12.1 Å². The van der Waals surface area contributed by atoms with Crippen LogP contribution in [-0.4, -0.2) is 47.0 Å². The monoisotopic (exact) mass is 437 g/mol.